The van der Waals surface area contributed by atoms with Crippen LogP contribution in [0.5, 0.6) is 0 Å². The first-order chi connectivity index (χ1) is 14.7. The zero-order chi connectivity index (χ0) is 20.9. The maximum Gasteiger partial charge on any atom is 0.252 e. The monoisotopic (exact) mass is 403 g/mol. The summed E-state index contributed by atoms with van der Waals surface area (Å²) >= 11 is 0. The molecule has 0 spiro atoms. The third-order valence-corrected chi connectivity index (χ3v) is 5.21. The Morgan fingerprint density at radius 1 is 1.23 bits per heavy atom. The van der Waals surface area contributed by atoms with Crippen LogP contribution in [0.15, 0.2) is 36.4 Å². The highest BCUT2D eigenvalue weighted by Gasteiger charge is 2.26. The largest absolute Gasteiger partial charge is 0.395 e. The number of fused-ring (bicyclic) bond motifs is 2. The van der Waals surface area contributed by atoms with Crippen molar-refractivity contribution in [2.24, 2.45) is 0 Å². The van der Waals surface area contributed by atoms with E-state index in [4.69, 9.17) is 9.84 Å². The van der Waals surface area contributed by atoms with Gasteiger partial charge in [-0.05, 0) is 29.8 Å². The second-order valence-electron chi connectivity index (χ2n) is 7.25. The van der Waals surface area contributed by atoms with E-state index in [1.54, 1.807) is 7.11 Å². The summed E-state index contributed by atoms with van der Waals surface area (Å²) in [5.74, 6) is 5.95. The molecule has 1 aliphatic heterocycles. The van der Waals surface area contributed by atoms with Crippen LogP contribution >= 0.6 is 0 Å². The highest BCUT2D eigenvalue weighted by Crippen LogP contribution is 2.33. The summed E-state index contributed by atoms with van der Waals surface area (Å²) in [5.41, 5.74) is 6.46. The number of rotatable bonds is 7. The van der Waals surface area contributed by atoms with Crippen molar-refractivity contribution in [1.82, 2.24) is 15.6 Å². The number of methoxy groups -OCH3 is 1. The fourth-order valence-corrected chi connectivity index (χ4v) is 3.75. The smallest absolute Gasteiger partial charge is 0.252 e. The van der Waals surface area contributed by atoms with Crippen LogP contribution < -0.4 is 10.6 Å². The predicted octanol–water partition coefficient (Wildman–Crippen LogP) is 2.55. The van der Waals surface area contributed by atoms with E-state index in [0.29, 0.717) is 25.1 Å². The van der Waals surface area contributed by atoms with E-state index in [1.807, 2.05) is 12.1 Å². The van der Waals surface area contributed by atoms with E-state index < -0.39 is 0 Å². The maximum atomic E-state index is 12.6. The number of hydrogen-bond acceptors (Lipinski definition) is 4. The van der Waals surface area contributed by atoms with Gasteiger partial charge in [0.15, 0.2) is 0 Å². The van der Waals surface area contributed by atoms with Crippen molar-refractivity contribution in [3.63, 3.8) is 0 Å². The molecule has 1 aliphatic rings. The molecule has 154 valence electrons. The highest BCUT2D eigenvalue weighted by molar-refractivity contribution is 6.05. The number of ether oxygens (including phenoxy) is 1. The summed E-state index contributed by atoms with van der Waals surface area (Å²) in [4.78, 5) is 16.0. The molecule has 6 nitrogen and oxygen atoms in total. The Morgan fingerprint density at radius 2 is 2.13 bits per heavy atom. The van der Waals surface area contributed by atoms with Crippen LogP contribution in [0.2, 0.25) is 0 Å². The van der Waals surface area contributed by atoms with E-state index in [2.05, 4.69) is 51.7 Å². The molecule has 0 fully saturated rings. The standard InChI is InChI=1S/C24H25N3O3/c1-30-11-9-25-14-16-5-8-21-18(12-16)13-22(27-21)19-7-6-17(4-2-3-10-28)20-15-26-24(29)23(19)20/h5-8,12-13,25,27-28H,3,9-11,14-15H2,1H3,(H,26,29). The van der Waals surface area contributed by atoms with Crippen LogP contribution in [0.1, 0.15) is 33.5 Å². The molecule has 2 heterocycles. The molecule has 6 heteroatoms. The van der Waals surface area contributed by atoms with Crippen molar-refractivity contribution in [3.8, 4) is 23.1 Å². The number of carbonyl (C=O) groups is 1. The molecule has 0 aliphatic carbocycles. The number of aromatic nitrogens is 1. The normalized spacial score (nSPS) is 12.5. The molecule has 30 heavy (non-hydrogen) atoms. The Labute approximate surface area is 175 Å². The second-order valence-corrected chi connectivity index (χ2v) is 7.25. The number of benzene rings is 2. The number of amides is 1. The van der Waals surface area contributed by atoms with Crippen LogP contribution in [0, 0.1) is 11.8 Å². The van der Waals surface area contributed by atoms with Gasteiger partial charge in [0.05, 0.1) is 18.8 Å². The summed E-state index contributed by atoms with van der Waals surface area (Å²) in [5, 5.41) is 16.3. The molecule has 0 atom stereocenters. The van der Waals surface area contributed by atoms with E-state index >= 15 is 0 Å². The molecular formula is C24H25N3O3. The van der Waals surface area contributed by atoms with E-state index in [0.717, 1.165) is 46.4 Å². The third-order valence-electron chi connectivity index (χ3n) is 5.21. The molecule has 0 radical (unpaired) electrons. The van der Waals surface area contributed by atoms with Crippen LogP contribution in [0.25, 0.3) is 22.2 Å². The van der Waals surface area contributed by atoms with Gasteiger partial charge in [-0.1, -0.05) is 24.0 Å². The molecule has 1 aromatic heterocycles. The lowest BCUT2D eigenvalue weighted by molar-refractivity contribution is 0.0966. The number of aromatic amines is 1. The summed E-state index contributed by atoms with van der Waals surface area (Å²) < 4.78 is 5.06. The van der Waals surface area contributed by atoms with Gasteiger partial charge in [0.1, 0.15) is 0 Å². The molecule has 0 bridgehead atoms. The molecule has 4 rings (SSSR count). The van der Waals surface area contributed by atoms with E-state index in [1.165, 1.54) is 5.56 Å². The van der Waals surface area contributed by atoms with Crippen molar-refractivity contribution in [1.29, 1.82) is 0 Å². The molecule has 3 aromatic rings. The van der Waals surface area contributed by atoms with Crippen molar-refractivity contribution >= 4 is 16.8 Å². The summed E-state index contributed by atoms with van der Waals surface area (Å²) in [6.45, 7) is 2.77. The molecule has 4 N–H and O–H groups in total. The minimum atomic E-state index is -0.0764. The Kier molecular flexibility index (Phi) is 6.15. The van der Waals surface area contributed by atoms with Crippen LogP contribution in [0.3, 0.4) is 0 Å². The molecule has 0 saturated carbocycles. The molecule has 2 aromatic carbocycles. The molecule has 0 saturated heterocycles. The van der Waals surface area contributed by atoms with Gasteiger partial charge in [0.2, 0.25) is 0 Å². The lowest BCUT2D eigenvalue weighted by Crippen LogP contribution is -2.18. The first-order valence-electron chi connectivity index (χ1n) is 10.1. The highest BCUT2D eigenvalue weighted by atomic mass is 16.5. The van der Waals surface area contributed by atoms with Crippen LogP contribution in [-0.2, 0) is 17.8 Å². The number of H-pyrrole nitrogens is 1. The number of nitrogens with one attached hydrogen (secondary N) is 3. The van der Waals surface area contributed by atoms with E-state index in [-0.39, 0.29) is 12.5 Å². The Balaban J connectivity index is 1.66. The summed E-state index contributed by atoms with van der Waals surface area (Å²) in [6, 6.07) is 12.3. The first kappa shape index (κ1) is 20.2. The van der Waals surface area contributed by atoms with Crippen molar-refractivity contribution in [3.05, 3.63) is 58.7 Å². The lowest BCUT2D eigenvalue weighted by atomic mass is 9.96. The summed E-state index contributed by atoms with van der Waals surface area (Å²) in [6.07, 6.45) is 0.419. The Bertz CT molecular complexity index is 1140. The van der Waals surface area contributed by atoms with Crippen molar-refractivity contribution < 1.29 is 14.6 Å². The van der Waals surface area contributed by atoms with Gasteiger partial charge in [-0.3, -0.25) is 4.79 Å². The fourth-order valence-electron chi connectivity index (χ4n) is 3.75. The minimum Gasteiger partial charge on any atom is -0.395 e. The zero-order valence-corrected chi connectivity index (χ0v) is 17.0. The molecular weight excluding hydrogens is 378 g/mol. The minimum absolute atomic E-state index is 0.0312. The maximum absolute atomic E-state index is 12.6. The topological polar surface area (TPSA) is 86.4 Å². The van der Waals surface area contributed by atoms with Crippen molar-refractivity contribution in [2.45, 2.75) is 19.5 Å². The number of carbonyl (C=O) groups excluding carboxylic acids is 1. The molecule has 0 unspecified atom stereocenters. The summed E-state index contributed by atoms with van der Waals surface area (Å²) in [7, 11) is 1.69. The van der Waals surface area contributed by atoms with Gasteiger partial charge in [-0.25, -0.2) is 0 Å². The second kappa shape index (κ2) is 9.14. The van der Waals surface area contributed by atoms with Gasteiger partial charge in [0.25, 0.3) is 5.91 Å². The van der Waals surface area contributed by atoms with Gasteiger partial charge < -0.3 is 25.5 Å². The van der Waals surface area contributed by atoms with E-state index in [9.17, 15) is 4.79 Å². The SMILES string of the molecule is COCCNCc1ccc2[nH]c(-c3ccc(C#CCCO)c4c3C(=O)NC4)cc2c1. The molecule has 1 amide bonds. The number of hydrogen-bond donors (Lipinski definition) is 4. The number of aliphatic hydroxyl groups is 1. The lowest BCUT2D eigenvalue weighted by Gasteiger charge is -2.07. The average Bonchev–Trinajstić information content (AvgIpc) is 3.35. The first-order valence-corrected chi connectivity index (χ1v) is 10.1. The average molecular weight is 403 g/mol. The van der Waals surface area contributed by atoms with Gasteiger partial charge in [0, 0.05) is 66.5 Å². The Morgan fingerprint density at radius 3 is 2.97 bits per heavy atom. The predicted molar refractivity (Wildman–Crippen MR) is 117 cm³/mol. The van der Waals surface area contributed by atoms with Crippen molar-refractivity contribution in [2.75, 3.05) is 26.9 Å². The van der Waals surface area contributed by atoms with Gasteiger partial charge in [-0.15, -0.1) is 0 Å². The third kappa shape index (κ3) is 4.10. The zero-order valence-electron chi connectivity index (χ0n) is 17.0. The van der Waals surface area contributed by atoms with Gasteiger partial charge in [-0.2, -0.15) is 0 Å². The van der Waals surface area contributed by atoms with Crippen LogP contribution in [0.4, 0.5) is 0 Å². The number of aliphatic hydroxyl groups excluding tert-OH is 1. The van der Waals surface area contributed by atoms with Crippen LogP contribution in [-0.4, -0.2) is 42.9 Å². The fraction of sp³-hybridized carbons (Fsp3) is 0.292. The Hall–Kier alpha value is -3.11. The van der Waals surface area contributed by atoms with Gasteiger partial charge >= 0.3 is 0 Å². The quantitative estimate of drug-likeness (QED) is 0.361.